The van der Waals surface area contributed by atoms with Crippen molar-refractivity contribution in [3.63, 3.8) is 0 Å². The highest BCUT2D eigenvalue weighted by molar-refractivity contribution is 7.89. The molecule has 0 spiro atoms. The molecule has 22 heavy (non-hydrogen) atoms. The lowest BCUT2D eigenvalue weighted by Gasteiger charge is -2.14. The number of benzene rings is 1. The third kappa shape index (κ3) is 3.89. The lowest BCUT2D eigenvalue weighted by molar-refractivity contribution is 0.331. The third-order valence-electron chi connectivity index (χ3n) is 2.76. The fourth-order valence-electron chi connectivity index (χ4n) is 1.75. The van der Waals surface area contributed by atoms with E-state index in [2.05, 4.69) is 9.71 Å². The van der Waals surface area contributed by atoms with E-state index >= 15 is 0 Å². The summed E-state index contributed by atoms with van der Waals surface area (Å²) < 4.78 is 32.7. The zero-order chi connectivity index (χ0) is 16.2. The van der Waals surface area contributed by atoms with Crippen LogP contribution in [0.25, 0.3) is 0 Å². The van der Waals surface area contributed by atoms with Crippen molar-refractivity contribution < 1.29 is 13.2 Å². The van der Waals surface area contributed by atoms with E-state index in [0.717, 1.165) is 0 Å². The topological polar surface area (TPSA) is 68.3 Å². The highest BCUT2D eigenvalue weighted by Gasteiger charge is 2.23. The molecular formula is C14H14Cl2N2O3S. The molecule has 1 N–H and O–H groups in total. The number of rotatable bonds is 6. The van der Waals surface area contributed by atoms with Gasteiger partial charge in [0.2, 0.25) is 10.0 Å². The Labute approximate surface area is 139 Å². The van der Waals surface area contributed by atoms with Crippen LogP contribution in [0, 0.1) is 0 Å². The minimum absolute atomic E-state index is 0.0465. The van der Waals surface area contributed by atoms with Crippen LogP contribution in [-0.2, 0) is 16.6 Å². The number of hydrogen-bond acceptors (Lipinski definition) is 4. The molecule has 5 nitrogen and oxygen atoms in total. The Hall–Kier alpha value is -1.34. The molecular weight excluding hydrogens is 347 g/mol. The van der Waals surface area contributed by atoms with Gasteiger partial charge in [-0.2, -0.15) is 0 Å². The number of sulfonamides is 1. The van der Waals surface area contributed by atoms with Crippen LogP contribution in [0.2, 0.25) is 10.0 Å². The van der Waals surface area contributed by atoms with E-state index in [0.29, 0.717) is 5.69 Å². The second-order valence-electron chi connectivity index (χ2n) is 4.27. The van der Waals surface area contributed by atoms with Crippen molar-refractivity contribution in [2.24, 2.45) is 0 Å². The van der Waals surface area contributed by atoms with Crippen LogP contribution in [-0.4, -0.2) is 20.0 Å². The van der Waals surface area contributed by atoms with Crippen LogP contribution in [0.15, 0.2) is 41.4 Å². The van der Waals surface area contributed by atoms with E-state index in [-0.39, 0.29) is 33.8 Å². The summed E-state index contributed by atoms with van der Waals surface area (Å²) in [5, 5.41) is 0.304. The summed E-state index contributed by atoms with van der Waals surface area (Å²) >= 11 is 11.9. The molecule has 0 radical (unpaired) electrons. The fourth-order valence-corrected chi connectivity index (χ4v) is 3.32. The minimum Gasteiger partial charge on any atom is -0.491 e. The van der Waals surface area contributed by atoms with Gasteiger partial charge in [0, 0.05) is 6.20 Å². The van der Waals surface area contributed by atoms with Gasteiger partial charge in [-0.1, -0.05) is 29.3 Å². The average molecular weight is 361 g/mol. The lowest BCUT2D eigenvalue weighted by Crippen LogP contribution is -2.24. The Morgan fingerprint density at radius 1 is 1.23 bits per heavy atom. The van der Waals surface area contributed by atoms with E-state index in [4.69, 9.17) is 27.9 Å². The smallest absolute Gasteiger partial charge is 0.244 e. The molecule has 0 bridgehead atoms. The first-order valence-electron chi connectivity index (χ1n) is 6.46. The van der Waals surface area contributed by atoms with Crippen molar-refractivity contribution in [1.82, 2.24) is 9.71 Å². The van der Waals surface area contributed by atoms with Crippen molar-refractivity contribution in [3.05, 3.63) is 52.3 Å². The van der Waals surface area contributed by atoms with Gasteiger partial charge in [-0.05, 0) is 31.2 Å². The molecule has 1 aromatic heterocycles. The molecule has 2 aromatic rings. The van der Waals surface area contributed by atoms with Crippen molar-refractivity contribution in [2.45, 2.75) is 18.4 Å². The van der Waals surface area contributed by atoms with Gasteiger partial charge in [0.15, 0.2) is 5.75 Å². The maximum atomic E-state index is 12.4. The third-order valence-corrected chi connectivity index (χ3v) is 4.97. The molecule has 0 atom stereocenters. The normalized spacial score (nSPS) is 11.4. The van der Waals surface area contributed by atoms with E-state index < -0.39 is 10.0 Å². The van der Waals surface area contributed by atoms with E-state index in [9.17, 15) is 8.42 Å². The number of nitrogens with zero attached hydrogens (tertiary/aromatic N) is 1. The van der Waals surface area contributed by atoms with Gasteiger partial charge < -0.3 is 4.74 Å². The van der Waals surface area contributed by atoms with Gasteiger partial charge in [0.1, 0.15) is 9.92 Å². The number of aromatic nitrogens is 1. The van der Waals surface area contributed by atoms with E-state index in [1.165, 1.54) is 12.1 Å². The zero-order valence-electron chi connectivity index (χ0n) is 11.7. The van der Waals surface area contributed by atoms with Crippen molar-refractivity contribution in [1.29, 1.82) is 0 Å². The second kappa shape index (κ2) is 7.28. The van der Waals surface area contributed by atoms with Gasteiger partial charge >= 0.3 is 0 Å². The highest BCUT2D eigenvalue weighted by Crippen LogP contribution is 2.37. The van der Waals surface area contributed by atoms with E-state index in [1.54, 1.807) is 31.3 Å². The summed E-state index contributed by atoms with van der Waals surface area (Å²) in [6.07, 6.45) is 1.59. The molecule has 1 heterocycles. The first-order chi connectivity index (χ1) is 10.5. The largest absolute Gasteiger partial charge is 0.491 e. The molecule has 118 valence electrons. The van der Waals surface area contributed by atoms with Gasteiger partial charge in [-0.15, -0.1) is 0 Å². The van der Waals surface area contributed by atoms with E-state index in [1.807, 2.05) is 0 Å². The summed E-state index contributed by atoms with van der Waals surface area (Å²) in [6, 6.07) is 8.04. The zero-order valence-corrected chi connectivity index (χ0v) is 14.0. The first kappa shape index (κ1) is 17.0. The second-order valence-corrected chi connectivity index (χ2v) is 6.79. The number of hydrogen-bond donors (Lipinski definition) is 1. The molecule has 0 unspecified atom stereocenters. The van der Waals surface area contributed by atoms with Crippen LogP contribution in [0.5, 0.6) is 5.75 Å². The SMILES string of the molecule is CCOc1c(S(=O)(=O)NCc2ccccn2)ccc(Cl)c1Cl. The Bertz CT molecular complexity index is 752. The number of pyridine rings is 1. The van der Waals surface area contributed by atoms with Crippen LogP contribution in [0.1, 0.15) is 12.6 Å². The molecule has 0 saturated carbocycles. The maximum Gasteiger partial charge on any atom is 0.244 e. The molecule has 0 aliphatic rings. The molecule has 0 saturated heterocycles. The Kier molecular flexibility index (Phi) is 5.63. The molecule has 1 aromatic carbocycles. The monoisotopic (exact) mass is 360 g/mol. The summed E-state index contributed by atoms with van der Waals surface area (Å²) in [4.78, 5) is 4.00. The van der Waals surface area contributed by atoms with Gasteiger partial charge in [0.25, 0.3) is 0 Å². The predicted octanol–water partition coefficient (Wildman–Crippen LogP) is 3.27. The number of ether oxygens (including phenoxy) is 1. The van der Waals surface area contributed by atoms with Gasteiger partial charge in [-0.25, -0.2) is 13.1 Å². The van der Waals surface area contributed by atoms with Crippen LogP contribution < -0.4 is 9.46 Å². The lowest BCUT2D eigenvalue weighted by atomic mass is 10.3. The summed E-state index contributed by atoms with van der Waals surface area (Å²) in [6.45, 7) is 2.06. The van der Waals surface area contributed by atoms with Crippen LogP contribution in [0.3, 0.4) is 0 Å². The maximum absolute atomic E-state index is 12.4. The molecule has 0 fully saturated rings. The van der Waals surface area contributed by atoms with Crippen LogP contribution in [0.4, 0.5) is 0 Å². The predicted molar refractivity (Wildman–Crippen MR) is 85.9 cm³/mol. The standard InChI is InChI=1S/C14H14Cl2N2O3S/c1-2-21-14-12(7-6-11(15)13(14)16)22(19,20)18-9-10-5-3-4-8-17-10/h3-8,18H,2,9H2,1H3. The average Bonchev–Trinajstić information content (AvgIpc) is 2.51. The molecule has 2 rings (SSSR count). The van der Waals surface area contributed by atoms with Crippen molar-refractivity contribution in [3.8, 4) is 5.75 Å². The molecule has 0 amide bonds. The highest BCUT2D eigenvalue weighted by atomic mass is 35.5. The molecule has 0 aliphatic carbocycles. The van der Waals surface area contributed by atoms with Crippen LogP contribution >= 0.6 is 23.2 Å². The summed E-state index contributed by atoms with van der Waals surface area (Å²) in [7, 11) is -3.81. The van der Waals surface area contributed by atoms with Crippen molar-refractivity contribution >= 4 is 33.2 Å². The number of halogens is 2. The van der Waals surface area contributed by atoms with Gasteiger partial charge in [0.05, 0.1) is 23.9 Å². The fraction of sp³-hybridized carbons (Fsp3) is 0.214. The Balaban J connectivity index is 2.31. The Morgan fingerprint density at radius 2 is 2.00 bits per heavy atom. The minimum atomic E-state index is -3.81. The van der Waals surface area contributed by atoms with Crippen molar-refractivity contribution in [2.75, 3.05) is 6.61 Å². The van der Waals surface area contributed by atoms with Gasteiger partial charge in [-0.3, -0.25) is 4.98 Å². The number of nitrogens with one attached hydrogen (secondary N) is 1. The molecule has 0 aliphatic heterocycles. The summed E-state index contributed by atoms with van der Waals surface area (Å²) in [5.74, 6) is 0.0465. The first-order valence-corrected chi connectivity index (χ1v) is 8.70. The summed E-state index contributed by atoms with van der Waals surface area (Å²) in [5.41, 5.74) is 0.601. The quantitative estimate of drug-likeness (QED) is 0.858. The molecule has 8 heteroatoms. The Morgan fingerprint density at radius 3 is 2.64 bits per heavy atom.